The summed E-state index contributed by atoms with van der Waals surface area (Å²) < 4.78 is 9.99. The molecule has 0 fully saturated rings. The molecule has 1 aromatic heterocycles. The third kappa shape index (κ3) is 4.29. The molecule has 0 spiro atoms. The zero-order valence-corrected chi connectivity index (χ0v) is 14.4. The van der Waals surface area contributed by atoms with Crippen molar-refractivity contribution in [2.24, 2.45) is 0 Å². The van der Waals surface area contributed by atoms with Crippen molar-refractivity contribution in [3.05, 3.63) is 41.6 Å². The quantitative estimate of drug-likeness (QED) is 0.779. The van der Waals surface area contributed by atoms with Crippen LogP contribution in [0.1, 0.15) is 29.9 Å². The predicted molar refractivity (Wildman–Crippen MR) is 94.2 cm³/mol. The third-order valence-electron chi connectivity index (χ3n) is 3.28. The van der Waals surface area contributed by atoms with Crippen molar-refractivity contribution >= 4 is 30.0 Å². The van der Waals surface area contributed by atoms with Crippen LogP contribution in [0.3, 0.4) is 0 Å². The molecule has 0 saturated carbocycles. The van der Waals surface area contributed by atoms with Gasteiger partial charge in [-0.05, 0) is 13.8 Å². The van der Waals surface area contributed by atoms with E-state index in [1.54, 1.807) is 13.8 Å². The highest BCUT2D eigenvalue weighted by molar-refractivity contribution is 6.01. The number of esters is 2. The highest BCUT2D eigenvalue weighted by atomic mass is 35.5. The van der Waals surface area contributed by atoms with Crippen LogP contribution < -0.4 is 5.73 Å². The Kier molecular flexibility index (Phi) is 7.32. The number of anilines is 1. The molecule has 24 heavy (non-hydrogen) atoms. The minimum absolute atomic E-state index is 0. The molecule has 0 bridgehead atoms. The molecule has 3 N–H and O–H groups in total. The number of aromatic nitrogens is 1. The van der Waals surface area contributed by atoms with E-state index < -0.39 is 11.9 Å². The predicted octanol–water partition coefficient (Wildman–Crippen LogP) is 2.97. The first-order valence-electron chi connectivity index (χ1n) is 7.46. The smallest absolute Gasteiger partial charge is 0.342 e. The first-order valence-corrected chi connectivity index (χ1v) is 7.46. The maximum Gasteiger partial charge on any atom is 0.342 e. The van der Waals surface area contributed by atoms with Gasteiger partial charge in [0.15, 0.2) is 0 Å². The van der Waals surface area contributed by atoms with Gasteiger partial charge in [0.1, 0.15) is 5.56 Å². The zero-order valence-electron chi connectivity index (χ0n) is 13.6. The van der Waals surface area contributed by atoms with E-state index in [9.17, 15) is 9.59 Å². The number of benzene rings is 1. The molecule has 0 saturated heterocycles. The van der Waals surface area contributed by atoms with Crippen molar-refractivity contribution in [1.82, 2.24) is 4.98 Å². The summed E-state index contributed by atoms with van der Waals surface area (Å²) in [6, 6.07) is 9.35. The van der Waals surface area contributed by atoms with Crippen LogP contribution in [0.25, 0.3) is 11.3 Å². The third-order valence-corrected chi connectivity index (χ3v) is 3.28. The Morgan fingerprint density at radius 3 is 2.29 bits per heavy atom. The number of nitrogens with one attached hydrogen (secondary N) is 1. The minimum atomic E-state index is -0.553. The maximum absolute atomic E-state index is 12.2. The van der Waals surface area contributed by atoms with E-state index in [4.69, 9.17) is 15.2 Å². The van der Waals surface area contributed by atoms with Crippen LogP contribution in [0.4, 0.5) is 5.69 Å². The number of nitrogens with two attached hydrogens (primary N) is 1. The number of carbonyl (C=O) groups excluding carboxylic acids is 2. The summed E-state index contributed by atoms with van der Waals surface area (Å²) in [5.74, 6) is -0.985. The van der Waals surface area contributed by atoms with Gasteiger partial charge in [-0.25, -0.2) is 4.79 Å². The van der Waals surface area contributed by atoms with Crippen LogP contribution in [-0.2, 0) is 20.7 Å². The van der Waals surface area contributed by atoms with Crippen LogP contribution in [-0.4, -0.2) is 30.1 Å². The van der Waals surface area contributed by atoms with Gasteiger partial charge < -0.3 is 20.2 Å². The summed E-state index contributed by atoms with van der Waals surface area (Å²) in [6.07, 6.45) is -0.0704. The molecule has 0 radical (unpaired) electrons. The van der Waals surface area contributed by atoms with Gasteiger partial charge in [0.25, 0.3) is 0 Å². The molecular weight excluding hydrogens is 332 g/mol. The topological polar surface area (TPSA) is 94.4 Å². The Balaban J connectivity index is 0.00000288. The molecule has 0 atom stereocenters. The van der Waals surface area contributed by atoms with Crippen molar-refractivity contribution in [2.45, 2.75) is 20.3 Å². The van der Waals surface area contributed by atoms with Gasteiger partial charge in [-0.15, -0.1) is 12.4 Å². The van der Waals surface area contributed by atoms with Crippen molar-refractivity contribution in [3.63, 3.8) is 0 Å². The second-order valence-corrected chi connectivity index (χ2v) is 4.84. The summed E-state index contributed by atoms with van der Waals surface area (Å²) >= 11 is 0. The zero-order chi connectivity index (χ0) is 16.8. The van der Waals surface area contributed by atoms with Crippen molar-refractivity contribution in [2.75, 3.05) is 18.9 Å². The monoisotopic (exact) mass is 352 g/mol. The van der Waals surface area contributed by atoms with Crippen LogP contribution >= 0.6 is 12.4 Å². The second-order valence-electron chi connectivity index (χ2n) is 4.84. The Hall–Kier alpha value is -2.47. The molecule has 7 heteroatoms. The van der Waals surface area contributed by atoms with Crippen molar-refractivity contribution in [3.8, 4) is 11.3 Å². The van der Waals surface area contributed by atoms with Gasteiger partial charge in [-0.2, -0.15) is 0 Å². The number of halogens is 1. The summed E-state index contributed by atoms with van der Waals surface area (Å²) in [4.78, 5) is 27.0. The van der Waals surface area contributed by atoms with Gasteiger partial charge in [-0.1, -0.05) is 30.3 Å². The fourth-order valence-electron chi connectivity index (χ4n) is 2.33. The van der Waals surface area contributed by atoms with Crippen LogP contribution in [0.2, 0.25) is 0 Å². The molecule has 130 valence electrons. The van der Waals surface area contributed by atoms with Crippen molar-refractivity contribution < 1.29 is 19.1 Å². The van der Waals surface area contributed by atoms with Gasteiger partial charge in [0, 0.05) is 11.3 Å². The number of rotatable bonds is 6. The van der Waals surface area contributed by atoms with E-state index >= 15 is 0 Å². The summed E-state index contributed by atoms with van der Waals surface area (Å²) in [5, 5.41) is 0. The van der Waals surface area contributed by atoms with Gasteiger partial charge in [0.05, 0.1) is 31.0 Å². The van der Waals surface area contributed by atoms with E-state index in [0.717, 1.165) is 5.56 Å². The molecule has 1 aromatic carbocycles. The highest BCUT2D eigenvalue weighted by Crippen LogP contribution is 2.31. The maximum atomic E-state index is 12.2. The lowest BCUT2D eigenvalue weighted by atomic mass is 10.1. The van der Waals surface area contributed by atoms with Gasteiger partial charge in [-0.3, -0.25) is 4.79 Å². The number of ether oxygens (including phenoxy) is 2. The molecule has 6 nitrogen and oxygen atoms in total. The Morgan fingerprint density at radius 1 is 1.08 bits per heavy atom. The molecule has 2 aromatic rings. The minimum Gasteiger partial charge on any atom is -0.466 e. The molecular formula is C17H21ClN2O4. The summed E-state index contributed by atoms with van der Waals surface area (Å²) in [5.41, 5.74) is 8.41. The lowest BCUT2D eigenvalue weighted by Gasteiger charge is -2.05. The largest absolute Gasteiger partial charge is 0.466 e. The first-order chi connectivity index (χ1) is 11.1. The fourth-order valence-corrected chi connectivity index (χ4v) is 2.33. The van der Waals surface area contributed by atoms with Crippen LogP contribution in [0, 0.1) is 0 Å². The number of carbonyl (C=O) groups is 2. The normalized spacial score (nSPS) is 9.92. The fraction of sp³-hybridized carbons (Fsp3) is 0.294. The average molecular weight is 353 g/mol. The lowest BCUT2D eigenvalue weighted by molar-refractivity contribution is -0.142. The molecule has 0 aliphatic rings. The molecule has 0 aliphatic heterocycles. The Bertz CT molecular complexity index is 698. The summed E-state index contributed by atoms with van der Waals surface area (Å²) in [6.45, 7) is 3.94. The summed E-state index contributed by atoms with van der Waals surface area (Å²) in [7, 11) is 0. The average Bonchev–Trinajstić information content (AvgIpc) is 2.85. The SMILES string of the molecule is CCOC(=O)Cc1[nH]c(-c2ccccc2)c(N)c1C(=O)OCC.Cl. The lowest BCUT2D eigenvalue weighted by Crippen LogP contribution is -2.13. The second kappa shape index (κ2) is 8.98. The number of aromatic amines is 1. The van der Waals surface area contributed by atoms with Gasteiger partial charge in [0.2, 0.25) is 0 Å². The van der Waals surface area contributed by atoms with E-state index in [1.807, 2.05) is 30.3 Å². The number of H-pyrrole nitrogens is 1. The number of nitrogen functional groups attached to an aromatic ring is 1. The first kappa shape index (κ1) is 19.6. The van der Waals surface area contributed by atoms with E-state index in [1.165, 1.54) is 0 Å². The Morgan fingerprint density at radius 2 is 1.71 bits per heavy atom. The van der Waals surface area contributed by atoms with E-state index in [2.05, 4.69) is 4.98 Å². The molecule has 0 amide bonds. The number of hydrogen-bond acceptors (Lipinski definition) is 5. The molecule has 0 aliphatic carbocycles. The van der Waals surface area contributed by atoms with Crippen LogP contribution in [0.5, 0.6) is 0 Å². The van der Waals surface area contributed by atoms with E-state index in [-0.39, 0.29) is 43.3 Å². The van der Waals surface area contributed by atoms with Gasteiger partial charge >= 0.3 is 11.9 Å². The van der Waals surface area contributed by atoms with E-state index in [0.29, 0.717) is 11.4 Å². The van der Waals surface area contributed by atoms with Crippen LogP contribution in [0.15, 0.2) is 30.3 Å². The standard InChI is InChI=1S/C17H20N2O4.ClH/c1-3-22-13(20)10-12-14(17(21)23-4-2)15(18)16(19-12)11-8-6-5-7-9-11;/h5-9,19H,3-4,10,18H2,1-2H3;1H. The van der Waals surface area contributed by atoms with Crippen molar-refractivity contribution in [1.29, 1.82) is 0 Å². The number of hydrogen-bond donors (Lipinski definition) is 2. The molecule has 0 unspecified atom stereocenters. The highest BCUT2D eigenvalue weighted by Gasteiger charge is 2.24. The molecule has 2 rings (SSSR count). The molecule has 1 heterocycles. The Labute approximate surface area is 146 Å².